The number of nitrogen functional groups attached to an aromatic ring is 1. The molecule has 0 bridgehead atoms. The quantitative estimate of drug-likeness (QED) is 0.659. The monoisotopic (exact) mass is 288 g/mol. The summed E-state index contributed by atoms with van der Waals surface area (Å²) < 4.78 is 0. The number of anilines is 1. The van der Waals surface area contributed by atoms with E-state index in [0.717, 1.165) is 24.8 Å². The molecule has 0 aromatic heterocycles. The van der Waals surface area contributed by atoms with Gasteiger partial charge in [0.1, 0.15) is 6.04 Å². The molecule has 1 aliphatic rings. The molecule has 5 heteroatoms. The first-order valence-corrected chi connectivity index (χ1v) is 7.15. The predicted octanol–water partition coefficient (Wildman–Crippen LogP) is 2.14. The molecule has 0 saturated carbocycles. The summed E-state index contributed by atoms with van der Waals surface area (Å²) >= 11 is 0. The van der Waals surface area contributed by atoms with Gasteiger partial charge in [-0.15, -0.1) is 0 Å². The van der Waals surface area contributed by atoms with Crippen molar-refractivity contribution in [1.29, 1.82) is 0 Å². The largest absolute Gasteiger partial charge is 0.480 e. The van der Waals surface area contributed by atoms with Crippen molar-refractivity contribution in [3.63, 3.8) is 0 Å². The topological polar surface area (TPSA) is 83.6 Å². The maximum absolute atomic E-state index is 12.3. The highest BCUT2D eigenvalue weighted by Gasteiger charge is 2.29. The van der Waals surface area contributed by atoms with Crippen LogP contribution < -0.4 is 5.73 Å². The number of hydrogen-bond donors (Lipinski definition) is 2. The summed E-state index contributed by atoms with van der Waals surface area (Å²) in [5.74, 6) is -1.17. The predicted molar refractivity (Wildman–Crippen MR) is 81.5 cm³/mol. The van der Waals surface area contributed by atoms with Crippen LogP contribution in [0, 0.1) is 0 Å². The molecule has 2 rings (SSSR count). The van der Waals surface area contributed by atoms with Crippen molar-refractivity contribution in [2.75, 3.05) is 12.3 Å². The number of rotatable bonds is 3. The molecule has 1 atom stereocenters. The van der Waals surface area contributed by atoms with E-state index in [1.54, 1.807) is 18.2 Å². The first-order chi connectivity index (χ1) is 10.1. The Labute approximate surface area is 124 Å². The van der Waals surface area contributed by atoms with Gasteiger partial charge in [0.25, 0.3) is 0 Å². The van der Waals surface area contributed by atoms with E-state index in [1.807, 2.05) is 12.1 Å². The van der Waals surface area contributed by atoms with E-state index < -0.39 is 12.0 Å². The Kier molecular flexibility index (Phi) is 4.98. The van der Waals surface area contributed by atoms with E-state index in [2.05, 4.69) is 0 Å². The van der Waals surface area contributed by atoms with Gasteiger partial charge in [-0.3, -0.25) is 4.79 Å². The van der Waals surface area contributed by atoms with E-state index in [-0.39, 0.29) is 5.91 Å². The smallest absolute Gasteiger partial charge is 0.326 e. The molecule has 1 aromatic rings. The number of amides is 1. The van der Waals surface area contributed by atoms with E-state index in [9.17, 15) is 14.7 Å². The van der Waals surface area contributed by atoms with Crippen LogP contribution in [0.25, 0.3) is 6.08 Å². The molecular weight excluding hydrogens is 268 g/mol. The highest BCUT2D eigenvalue weighted by Crippen LogP contribution is 2.18. The molecule has 1 amide bonds. The van der Waals surface area contributed by atoms with Crippen molar-refractivity contribution >= 4 is 23.6 Å². The average Bonchev–Trinajstić information content (AvgIpc) is 2.72. The summed E-state index contributed by atoms with van der Waals surface area (Å²) in [6.45, 7) is 0.502. The number of nitrogens with zero attached hydrogens (tertiary/aromatic N) is 1. The number of carbonyl (C=O) groups is 2. The van der Waals surface area contributed by atoms with E-state index in [4.69, 9.17) is 5.73 Å². The van der Waals surface area contributed by atoms with Crippen LogP contribution in [0.15, 0.2) is 30.3 Å². The van der Waals surface area contributed by atoms with Crippen LogP contribution in [-0.2, 0) is 9.59 Å². The summed E-state index contributed by atoms with van der Waals surface area (Å²) in [6, 6.07) is 6.44. The molecule has 5 nitrogen and oxygen atoms in total. The minimum atomic E-state index is -0.925. The SMILES string of the molecule is Nc1ccc(/C=C/C(=O)N2CCCCCC2C(=O)O)cc1. The Hall–Kier alpha value is -2.30. The second-order valence-electron chi connectivity index (χ2n) is 5.24. The maximum atomic E-state index is 12.3. The molecule has 1 fully saturated rings. The Bertz CT molecular complexity index is 537. The van der Waals surface area contributed by atoms with Crippen LogP contribution in [0.5, 0.6) is 0 Å². The number of carboxylic acid groups (broad SMARTS) is 1. The van der Waals surface area contributed by atoms with Gasteiger partial charge in [0.15, 0.2) is 0 Å². The molecule has 21 heavy (non-hydrogen) atoms. The Morgan fingerprint density at radius 1 is 1.19 bits per heavy atom. The fourth-order valence-corrected chi connectivity index (χ4v) is 2.50. The van der Waals surface area contributed by atoms with Crippen molar-refractivity contribution in [3.8, 4) is 0 Å². The number of nitrogens with two attached hydrogens (primary N) is 1. The van der Waals surface area contributed by atoms with Crippen molar-refractivity contribution < 1.29 is 14.7 Å². The Morgan fingerprint density at radius 3 is 2.57 bits per heavy atom. The number of hydrogen-bond acceptors (Lipinski definition) is 3. The summed E-state index contributed by atoms with van der Waals surface area (Å²) in [6.07, 6.45) is 6.32. The normalized spacial score (nSPS) is 19.4. The summed E-state index contributed by atoms with van der Waals surface area (Å²) in [5.41, 5.74) is 7.13. The summed E-state index contributed by atoms with van der Waals surface area (Å²) in [4.78, 5) is 25.0. The maximum Gasteiger partial charge on any atom is 0.326 e. The van der Waals surface area contributed by atoms with Gasteiger partial charge in [-0.25, -0.2) is 4.79 Å². The van der Waals surface area contributed by atoms with Crippen LogP contribution in [0.2, 0.25) is 0 Å². The molecule has 0 radical (unpaired) electrons. The highest BCUT2D eigenvalue weighted by molar-refractivity contribution is 5.94. The number of likely N-dealkylation sites (tertiary alicyclic amines) is 1. The van der Waals surface area contributed by atoms with Gasteiger partial charge in [-0.1, -0.05) is 25.0 Å². The molecule has 1 heterocycles. The van der Waals surface area contributed by atoms with Gasteiger partial charge in [-0.05, 0) is 36.6 Å². The lowest BCUT2D eigenvalue weighted by atomic mass is 10.1. The molecule has 1 unspecified atom stereocenters. The first kappa shape index (κ1) is 15.1. The zero-order valence-electron chi connectivity index (χ0n) is 11.9. The molecular formula is C16H20N2O3. The summed E-state index contributed by atoms with van der Waals surface area (Å²) in [5, 5.41) is 9.27. The Balaban J connectivity index is 2.09. The standard InChI is InChI=1S/C16H20N2O3/c17-13-8-5-12(6-9-13)7-10-15(19)18-11-3-1-2-4-14(18)16(20)21/h5-10,14H,1-4,11,17H2,(H,20,21)/b10-7+. The third-order valence-corrected chi connectivity index (χ3v) is 3.68. The second kappa shape index (κ2) is 6.92. The third kappa shape index (κ3) is 4.08. The number of carboxylic acids is 1. The molecule has 3 N–H and O–H groups in total. The fourth-order valence-electron chi connectivity index (χ4n) is 2.50. The van der Waals surface area contributed by atoms with Crippen molar-refractivity contribution in [3.05, 3.63) is 35.9 Å². The van der Waals surface area contributed by atoms with Gasteiger partial charge < -0.3 is 15.7 Å². The fraction of sp³-hybridized carbons (Fsp3) is 0.375. The van der Waals surface area contributed by atoms with Gasteiger partial charge in [0, 0.05) is 18.3 Å². The lowest BCUT2D eigenvalue weighted by Gasteiger charge is -2.25. The van der Waals surface area contributed by atoms with Gasteiger partial charge >= 0.3 is 5.97 Å². The summed E-state index contributed by atoms with van der Waals surface area (Å²) in [7, 11) is 0. The minimum Gasteiger partial charge on any atom is -0.480 e. The molecule has 1 saturated heterocycles. The minimum absolute atomic E-state index is 0.249. The average molecular weight is 288 g/mol. The lowest BCUT2D eigenvalue weighted by molar-refractivity contribution is -0.148. The van der Waals surface area contributed by atoms with Crippen LogP contribution in [0.1, 0.15) is 31.2 Å². The lowest BCUT2D eigenvalue weighted by Crippen LogP contribution is -2.43. The molecule has 1 aromatic carbocycles. The zero-order chi connectivity index (χ0) is 15.2. The third-order valence-electron chi connectivity index (χ3n) is 3.68. The van der Waals surface area contributed by atoms with Crippen LogP contribution in [-0.4, -0.2) is 34.5 Å². The molecule has 112 valence electrons. The van der Waals surface area contributed by atoms with E-state index >= 15 is 0 Å². The van der Waals surface area contributed by atoms with Crippen LogP contribution in [0.3, 0.4) is 0 Å². The Morgan fingerprint density at radius 2 is 1.90 bits per heavy atom. The molecule has 0 aliphatic carbocycles. The van der Waals surface area contributed by atoms with Crippen LogP contribution >= 0.6 is 0 Å². The number of carbonyl (C=O) groups excluding carboxylic acids is 1. The van der Waals surface area contributed by atoms with Crippen molar-refractivity contribution in [2.45, 2.75) is 31.7 Å². The van der Waals surface area contributed by atoms with Gasteiger partial charge in [0.05, 0.1) is 0 Å². The van der Waals surface area contributed by atoms with E-state index in [0.29, 0.717) is 18.7 Å². The second-order valence-corrected chi connectivity index (χ2v) is 5.24. The number of benzene rings is 1. The molecule has 0 spiro atoms. The van der Waals surface area contributed by atoms with Crippen molar-refractivity contribution in [1.82, 2.24) is 4.90 Å². The highest BCUT2D eigenvalue weighted by atomic mass is 16.4. The van der Waals surface area contributed by atoms with Gasteiger partial charge in [0.2, 0.25) is 5.91 Å². The number of aliphatic carboxylic acids is 1. The zero-order valence-corrected chi connectivity index (χ0v) is 11.9. The molecule has 1 aliphatic heterocycles. The van der Waals surface area contributed by atoms with Crippen molar-refractivity contribution in [2.24, 2.45) is 0 Å². The van der Waals surface area contributed by atoms with E-state index in [1.165, 1.54) is 11.0 Å². The first-order valence-electron chi connectivity index (χ1n) is 7.15. The van der Waals surface area contributed by atoms with Crippen LogP contribution in [0.4, 0.5) is 5.69 Å². The van der Waals surface area contributed by atoms with Gasteiger partial charge in [-0.2, -0.15) is 0 Å².